The first-order chi connectivity index (χ1) is 9.80. The van der Waals surface area contributed by atoms with E-state index in [4.69, 9.17) is 0 Å². The number of aryl methyl sites for hydroxylation is 2. The smallest absolute Gasteiger partial charge is 0.179 e. The fourth-order valence-electron chi connectivity index (χ4n) is 3.22. The van der Waals surface area contributed by atoms with Gasteiger partial charge >= 0.3 is 0 Å². The number of likely N-dealkylation sites (tertiary alicyclic amines) is 1. The van der Waals surface area contributed by atoms with Crippen LogP contribution in [0.4, 0.5) is 0 Å². The molecular formula is C19H29NO. The van der Waals surface area contributed by atoms with Gasteiger partial charge in [0.15, 0.2) is 5.78 Å². The molecule has 1 aliphatic heterocycles. The van der Waals surface area contributed by atoms with Gasteiger partial charge in [0.05, 0.1) is 6.04 Å². The third-order valence-corrected chi connectivity index (χ3v) is 4.96. The van der Waals surface area contributed by atoms with Gasteiger partial charge in [0.25, 0.3) is 0 Å². The van der Waals surface area contributed by atoms with Gasteiger partial charge < -0.3 is 0 Å². The maximum atomic E-state index is 12.8. The molecule has 0 N–H and O–H groups in total. The van der Waals surface area contributed by atoms with Crippen LogP contribution in [-0.4, -0.2) is 29.8 Å². The van der Waals surface area contributed by atoms with Gasteiger partial charge in [-0.1, -0.05) is 31.5 Å². The molecule has 2 nitrogen and oxygen atoms in total. The van der Waals surface area contributed by atoms with Crippen molar-refractivity contribution in [3.8, 4) is 0 Å². The molecule has 1 saturated heterocycles. The highest BCUT2D eigenvalue weighted by Crippen LogP contribution is 2.30. The summed E-state index contributed by atoms with van der Waals surface area (Å²) in [4.78, 5) is 15.2. The Morgan fingerprint density at radius 1 is 1.19 bits per heavy atom. The Bertz CT molecular complexity index is 518. The fraction of sp³-hybridized carbons (Fsp3) is 0.632. The van der Waals surface area contributed by atoms with Crippen LogP contribution in [0.2, 0.25) is 0 Å². The second-order valence-electron chi connectivity index (χ2n) is 7.41. The van der Waals surface area contributed by atoms with Crippen LogP contribution in [0.1, 0.15) is 61.5 Å². The summed E-state index contributed by atoms with van der Waals surface area (Å²) in [5.41, 5.74) is 3.56. The zero-order valence-electron chi connectivity index (χ0n) is 14.2. The number of rotatable bonds is 3. The zero-order valence-corrected chi connectivity index (χ0v) is 14.2. The van der Waals surface area contributed by atoms with E-state index in [1.54, 1.807) is 0 Å². The molecular weight excluding hydrogens is 258 g/mol. The Labute approximate surface area is 129 Å². The second kappa shape index (κ2) is 6.31. The maximum Gasteiger partial charge on any atom is 0.179 e. The van der Waals surface area contributed by atoms with Gasteiger partial charge in [-0.25, -0.2) is 0 Å². The average molecular weight is 287 g/mol. The van der Waals surface area contributed by atoms with Crippen LogP contribution < -0.4 is 0 Å². The third kappa shape index (κ3) is 3.94. The van der Waals surface area contributed by atoms with Crippen molar-refractivity contribution in [1.82, 2.24) is 4.90 Å². The van der Waals surface area contributed by atoms with Gasteiger partial charge in [0, 0.05) is 5.56 Å². The molecule has 0 aromatic heterocycles. The van der Waals surface area contributed by atoms with E-state index in [-0.39, 0.29) is 11.8 Å². The van der Waals surface area contributed by atoms with Crippen molar-refractivity contribution in [2.75, 3.05) is 13.1 Å². The monoisotopic (exact) mass is 287 g/mol. The number of hydrogen-bond acceptors (Lipinski definition) is 2. The number of nitrogens with zero attached hydrogens (tertiary/aromatic N) is 1. The normalized spacial score (nSPS) is 20.8. The predicted octanol–water partition coefficient (Wildman–Crippen LogP) is 4.39. The molecule has 2 heteroatoms. The molecule has 1 heterocycles. The van der Waals surface area contributed by atoms with Crippen molar-refractivity contribution in [3.63, 3.8) is 0 Å². The molecule has 116 valence electrons. The Morgan fingerprint density at radius 3 is 2.62 bits per heavy atom. The van der Waals surface area contributed by atoms with Crippen molar-refractivity contribution in [2.45, 2.75) is 59.9 Å². The van der Waals surface area contributed by atoms with E-state index in [9.17, 15) is 4.79 Å². The van der Waals surface area contributed by atoms with Crippen LogP contribution in [-0.2, 0) is 0 Å². The lowest BCUT2D eigenvalue weighted by Crippen LogP contribution is -2.40. The minimum atomic E-state index is -0.0144. The first-order valence-corrected chi connectivity index (χ1v) is 8.16. The zero-order chi connectivity index (χ0) is 15.6. The molecule has 0 aliphatic carbocycles. The number of Topliss-reactive ketones (excluding diaryl/α,β-unsaturated/α-hetero) is 1. The largest absolute Gasteiger partial charge is 0.293 e. The first kappa shape index (κ1) is 16.2. The number of carbonyl (C=O) groups excluding carboxylic acids is 1. The minimum absolute atomic E-state index is 0.0144. The van der Waals surface area contributed by atoms with E-state index in [1.165, 1.54) is 19.3 Å². The predicted molar refractivity (Wildman–Crippen MR) is 88.9 cm³/mol. The summed E-state index contributed by atoms with van der Waals surface area (Å²) in [6.07, 6.45) is 3.63. The van der Waals surface area contributed by atoms with Gasteiger partial charge in [-0.3, -0.25) is 9.69 Å². The molecule has 0 saturated carbocycles. The molecule has 1 aromatic rings. The summed E-state index contributed by atoms with van der Waals surface area (Å²) in [6, 6.07) is 6.15. The molecule has 0 spiro atoms. The average Bonchev–Trinajstić information content (AvgIpc) is 2.61. The van der Waals surface area contributed by atoms with Gasteiger partial charge in [0.2, 0.25) is 0 Å². The Kier molecular flexibility index (Phi) is 4.88. The number of benzene rings is 1. The summed E-state index contributed by atoms with van der Waals surface area (Å²) in [7, 11) is 0. The summed E-state index contributed by atoms with van der Waals surface area (Å²) >= 11 is 0. The van der Waals surface area contributed by atoms with Crippen molar-refractivity contribution in [3.05, 3.63) is 34.9 Å². The van der Waals surface area contributed by atoms with Crippen molar-refractivity contribution in [2.24, 2.45) is 5.41 Å². The summed E-state index contributed by atoms with van der Waals surface area (Å²) in [5.74, 6) is 0.274. The topological polar surface area (TPSA) is 20.3 Å². The molecule has 0 amide bonds. The molecule has 1 atom stereocenters. The highest BCUT2D eigenvalue weighted by molar-refractivity contribution is 6.01. The lowest BCUT2D eigenvalue weighted by molar-refractivity contribution is 0.0837. The first-order valence-electron chi connectivity index (χ1n) is 8.16. The van der Waals surface area contributed by atoms with E-state index in [2.05, 4.69) is 44.7 Å². The van der Waals surface area contributed by atoms with E-state index >= 15 is 0 Å². The SMILES string of the molecule is Cc1ccc(C)c(C(=O)C(C)N2CCCC(C)(C)CC2)c1. The Hall–Kier alpha value is -1.15. The molecule has 0 radical (unpaired) electrons. The van der Waals surface area contributed by atoms with E-state index in [0.29, 0.717) is 5.41 Å². The van der Waals surface area contributed by atoms with Gasteiger partial charge in [-0.05, 0) is 70.2 Å². The highest BCUT2D eigenvalue weighted by Gasteiger charge is 2.28. The Morgan fingerprint density at radius 2 is 1.90 bits per heavy atom. The number of carbonyl (C=O) groups is 1. The minimum Gasteiger partial charge on any atom is -0.293 e. The van der Waals surface area contributed by atoms with E-state index in [0.717, 1.165) is 29.8 Å². The van der Waals surface area contributed by atoms with Crippen LogP contribution in [0.15, 0.2) is 18.2 Å². The lowest BCUT2D eigenvalue weighted by Gasteiger charge is -2.28. The molecule has 21 heavy (non-hydrogen) atoms. The molecule has 1 fully saturated rings. The summed E-state index contributed by atoms with van der Waals surface area (Å²) in [6.45, 7) is 12.9. The van der Waals surface area contributed by atoms with Crippen molar-refractivity contribution < 1.29 is 4.79 Å². The van der Waals surface area contributed by atoms with Crippen molar-refractivity contribution >= 4 is 5.78 Å². The van der Waals surface area contributed by atoms with Crippen LogP contribution in [0, 0.1) is 19.3 Å². The molecule has 2 rings (SSSR count). The highest BCUT2D eigenvalue weighted by atomic mass is 16.1. The summed E-state index contributed by atoms with van der Waals surface area (Å²) in [5, 5.41) is 0. The fourth-order valence-corrected chi connectivity index (χ4v) is 3.22. The lowest BCUT2D eigenvalue weighted by atomic mass is 9.85. The van der Waals surface area contributed by atoms with Gasteiger partial charge in [0.1, 0.15) is 0 Å². The molecule has 1 aliphatic rings. The molecule has 0 bridgehead atoms. The standard InChI is InChI=1S/C19H29NO/c1-14-7-8-15(2)17(13-14)18(21)16(3)20-11-6-9-19(4,5)10-12-20/h7-8,13,16H,6,9-12H2,1-5H3. The van der Waals surface area contributed by atoms with Crippen LogP contribution in [0.3, 0.4) is 0 Å². The number of hydrogen-bond donors (Lipinski definition) is 0. The van der Waals surface area contributed by atoms with Crippen molar-refractivity contribution in [1.29, 1.82) is 0 Å². The Balaban J connectivity index is 2.13. The van der Waals surface area contributed by atoms with Crippen LogP contribution in [0.25, 0.3) is 0 Å². The van der Waals surface area contributed by atoms with E-state index < -0.39 is 0 Å². The van der Waals surface area contributed by atoms with Gasteiger partial charge in [-0.2, -0.15) is 0 Å². The summed E-state index contributed by atoms with van der Waals surface area (Å²) < 4.78 is 0. The van der Waals surface area contributed by atoms with Crippen LogP contribution in [0.5, 0.6) is 0 Å². The molecule has 1 unspecified atom stereocenters. The second-order valence-corrected chi connectivity index (χ2v) is 7.41. The van der Waals surface area contributed by atoms with Crippen LogP contribution >= 0.6 is 0 Å². The third-order valence-electron chi connectivity index (χ3n) is 4.96. The quantitative estimate of drug-likeness (QED) is 0.769. The molecule has 1 aromatic carbocycles. The number of ketones is 1. The van der Waals surface area contributed by atoms with E-state index in [1.807, 2.05) is 13.0 Å². The maximum absolute atomic E-state index is 12.8. The van der Waals surface area contributed by atoms with Gasteiger partial charge in [-0.15, -0.1) is 0 Å².